The Labute approximate surface area is 100 Å². The Morgan fingerprint density at radius 2 is 1.94 bits per heavy atom. The minimum absolute atomic E-state index is 0.167. The van der Waals surface area contributed by atoms with E-state index >= 15 is 0 Å². The highest BCUT2D eigenvalue weighted by atomic mass is 35.5. The lowest BCUT2D eigenvalue weighted by atomic mass is 10.2. The Bertz CT molecular complexity index is 482. The Hall–Kier alpha value is -2.08. The first-order valence-electron chi connectivity index (χ1n) is 4.35. The standard InChI is InChI=1S/C10H7ClO6/c11-5-1-2-7(12)6(3-5)10(16)17-9(15)4-8(13)14/h1-3,12H,4H2,(H,13,14). The third-order valence-electron chi connectivity index (χ3n) is 1.68. The number of rotatable bonds is 3. The molecule has 1 aromatic carbocycles. The number of benzene rings is 1. The summed E-state index contributed by atoms with van der Waals surface area (Å²) < 4.78 is 4.21. The summed E-state index contributed by atoms with van der Waals surface area (Å²) in [4.78, 5) is 32.4. The molecular weight excluding hydrogens is 252 g/mol. The zero-order valence-corrected chi connectivity index (χ0v) is 9.10. The number of carbonyl (C=O) groups excluding carboxylic acids is 2. The molecule has 0 heterocycles. The lowest BCUT2D eigenvalue weighted by Crippen LogP contribution is -2.15. The van der Waals surface area contributed by atoms with Crippen LogP contribution < -0.4 is 0 Å². The lowest BCUT2D eigenvalue weighted by Gasteiger charge is -2.04. The molecule has 0 spiro atoms. The van der Waals surface area contributed by atoms with Crippen LogP contribution in [0.2, 0.25) is 5.02 Å². The van der Waals surface area contributed by atoms with E-state index in [0.29, 0.717) is 0 Å². The highest BCUT2D eigenvalue weighted by Gasteiger charge is 2.18. The SMILES string of the molecule is O=C(O)CC(=O)OC(=O)c1cc(Cl)ccc1O. The van der Waals surface area contributed by atoms with Crippen molar-refractivity contribution in [1.82, 2.24) is 0 Å². The molecule has 0 aliphatic rings. The van der Waals surface area contributed by atoms with Gasteiger partial charge in [-0.05, 0) is 18.2 Å². The number of hydrogen-bond acceptors (Lipinski definition) is 5. The van der Waals surface area contributed by atoms with Gasteiger partial charge < -0.3 is 14.9 Å². The molecule has 0 saturated heterocycles. The number of ether oxygens (including phenoxy) is 1. The van der Waals surface area contributed by atoms with Gasteiger partial charge in [-0.25, -0.2) is 4.79 Å². The van der Waals surface area contributed by atoms with E-state index in [-0.39, 0.29) is 10.6 Å². The number of aromatic hydroxyl groups is 1. The van der Waals surface area contributed by atoms with E-state index in [1.54, 1.807) is 0 Å². The third-order valence-corrected chi connectivity index (χ3v) is 1.92. The molecule has 17 heavy (non-hydrogen) atoms. The fourth-order valence-electron chi connectivity index (χ4n) is 0.990. The number of carboxylic acid groups (broad SMARTS) is 1. The van der Waals surface area contributed by atoms with Crippen molar-refractivity contribution in [3.63, 3.8) is 0 Å². The van der Waals surface area contributed by atoms with Crippen LogP contribution in [0.25, 0.3) is 0 Å². The van der Waals surface area contributed by atoms with Crippen molar-refractivity contribution >= 4 is 29.5 Å². The van der Waals surface area contributed by atoms with Crippen molar-refractivity contribution in [3.8, 4) is 5.75 Å². The number of hydrogen-bond donors (Lipinski definition) is 2. The van der Waals surface area contributed by atoms with Gasteiger partial charge in [-0.1, -0.05) is 11.6 Å². The Morgan fingerprint density at radius 3 is 2.53 bits per heavy atom. The molecule has 1 aromatic rings. The van der Waals surface area contributed by atoms with Gasteiger partial charge in [0.2, 0.25) is 0 Å². The molecule has 0 amide bonds. The summed E-state index contributed by atoms with van der Waals surface area (Å²) in [5.74, 6) is -4.21. The van der Waals surface area contributed by atoms with Gasteiger partial charge >= 0.3 is 17.9 Å². The molecule has 0 aromatic heterocycles. The first-order valence-corrected chi connectivity index (χ1v) is 4.73. The molecular formula is C10H7ClO6. The molecule has 0 atom stereocenters. The lowest BCUT2D eigenvalue weighted by molar-refractivity contribution is -0.147. The summed E-state index contributed by atoms with van der Waals surface area (Å²) in [6.45, 7) is 0. The molecule has 90 valence electrons. The van der Waals surface area contributed by atoms with Crippen LogP contribution in [-0.2, 0) is 14.3 Å². The zero-order valence-electron chi connectivity index (χ0n) is 8.34. The van der Waals surface area contributed by atoms with E-state index < -0.39 is 30.1 Å². The monoisotopic (exact) mass is 258 g/mol. The number of halogens is 1. The van der Waals surface area contributed by atoms with Gasteiger partial charge in [0, 0.05) is 5.02 Å². The van der Waals surface area contributed by atoms with Crippen molar-refractivity contribution in [2.75, 3.05) is 0 Å². The summed E-state index contributed by atoms with van der Waals surface area (Å²) in [6.07, 6.45) is -0.937. The number of phenolic OH excluding ortho intramolecular Hbond substituents is 1. The molecule has 0 unspecified atom stereocenters. The fourth-order valence-corrected chi connectivity index (χ4v) is 1.16. The van der Waals surface area contributed by atoms with E-state index in [4.69, 9.17) is 16.7 Å². The number of carbonyl (C=O) groups is 3. The summed E-state index contributed by atoms with van der Waals surface area (Å²) >= 11 is 5.58. The smallest absolute Gasteiger partial charge is 0.349 e. The van der Waals surface area contributed by atoms with Gasteiger partial charge in [0.25, 0.3) is 0 Å². The van der Waals surface area contributed by atoms with Crippen LogP contribution in [0.4, 0.5) is 0 Å². The summed E-state index contributed by atoms with van der Waals surface area (Å²) in [6, 6.07) is 3.60. The van der Waals surface area contributed by atoms with E-state index in [9.17, 15) is 19.5 Å². The maximum Gasteiger partial charge on any atom is 0.349 e. The van der Waals surface area contributed by atoms with Crippen molar-refractivity contribution < 1.29 is 29.3 Å². The number of carboxylic acids is 1. The largest absolute Gasteiger partial charge is 0.507 e. The molecule has 1 rings (SSSR count). The topological polar surface area (TPSA) is 101 Å². The average Bonchev–Trinajstić information content (AvgIpc) is 2.20. The molecule has 0 aliphatic carbocycles. The van der Waals surface area contributed by atoms with Crippen LogP contribution in [0.5, 0.6) is 5.75 Å². The van der Waals surface area contributed by atoms with Gasteiger partial charge in [-0.3, -0.25) is 9.59 Å². The highest BCUT2D eigenvalue weighted by Crippen LogP contribution is 2.22. The van der Waals surface area contributed by atoms with Gasteiger partial charge in [0.1, 0.15) is 17.7 Å². The summed E-state index contributed by atoms with van der Waals surface area (Å²) in [5, 5.41) is 17.8. The van der Waals surface area contributed by atoms with E-state index in [1.165, 1.54) is 6.07 Å². The Morgan fingerprint density at radius 1 is 1.29 bits per heavy atom. The van der Waals surface area contributed by atoms with E-state index in [2.05, 4.69) is 4.74 Å². The predicted molar refractivity (Wildman–Crippen MR) is 55.8 cm³/mol. The maximum absolute atomic E-state index is 11.4. The van der Waals surface area contributed by atoms with Crippen molar-refractivity contribution in [3.05, 3.63) is 28.8 Å². The number of phenols is 1. The van der Waals surface area contributed by atoms with Crippen molar-refractivity contribution in [2.24, 2.45) is 0 Å². The van der Waals surface area contributed by atoms with Gasteiger partial charge in [0.15, 0.2) is 0 Å². The number of aliphatic carboxylic acids is 1. The fraction of sp³-hybridized carbons (Fsp3) is 0.100. The summed E-state index contributed by atoms with van der Waals surface area (Å²) in [5.41, 5.74) is -0.309. The van der Waals surface area contributed by atoms with Crippen LogP contribution in [0.15, 0.2) is 18.2 Å². The molecule has 0 fully saturated rings. The predicted octanol–water partition coefficient (Wildman–Crippen LogP) is 1.20. The van der Waals surface area contributed by atoms with E-state index in [1.807, 2.05) is 0 Å². The zero-order chi connectivity index (χ0) is 13.0. The minimum Gasteiger partial charge on any atom is -0.507 e. The second-order valence-corrected chi connectivity index (χ2v) is 3.43. The quantitative estimate of drug-likeness (QED) is 0.624. The summed E-state index contributed by atoms with van der Waals surface area (Å²) in [7, 11) is 0. The Kier molecular flexibility index (Phi) is 4.06. The maximum atomic E-state index is 11.4. The molecule has 0 aliphatic heterocycles. The molecule has 2 N–H and O–H groups in total. The number of esters is 2. The van der Waals surface area contributed by atoms with Crippen LogP contribution in [0, 0.1) is 0 Å². The van der Waals surface area contributed by atoms with Crippen LogP contribution in [0.3, 0.4) is 0 Å². The Balaban J connectivity index is 2.80. The van der Waals surface area contributed by atoms with Crippen molar-refractivity contribution in [1.29, 1.82) is 0 Å². The highest BCUT2D eigenvalue weighted by molar-refractivity contribution is 6.31. The van der Waals surface area contributed by atoms with Gasteiger partial charge in [-0.2, -0.15) is 0 Å². The van der Waals surface area contributed by atoms with Crippen LogP contribution >= 0.6 is 11.6 Å². The van der Waals surface area contributed by atoms with Crippen LogP contribution in [-0.4, -0.2) is 28.1 Å². The first kappa shape index (κ1) is 13.0. The first-order chi connectivity index (χ1) is 7.90. The van der Waals surface area contributed by atoms with E-state index in [0.717, 1.165) is 12.1 Å². The second kappa shape index (κ2) is 5.31. The van der Waals surface area contributed by atoms with Gasteiger partial charge in [-0.15, -0.1) is 0 Å². The van der Waals surface area contributed by atoms with Crippen molar-refractivity contribution in [2.45, 2.75) is 6.42 Å². The van der Waals surface area contributed by atoms with Crippen LogP contribution in [0.1, 0.15) is 16.8 Å². The molecule has 0 radical (unpaired) electrons. The molecule has 0 bridgehead atoms. The second-order valence-electron chi connectivity index (χ2n) is 2.99. The molecule has 0 saturated carbocycles. The molecule has 6 nitrogen and oxygen atoms in total. The normalized spacial score (nSPS) is 9.71. The minimum atomic E-state index is -1.42. The average molecular weight is 259 g/mol. The third kappa shape index (κ3) is 3.76. The van der Waals surface area contributed by atoms with Gasteiger partial charge in [0.05, 0.1) is 0 Å². The molecule has 7 heteroatoms.